The Bertz CT molecular complexity index is 1470. The Morgan fingerprint density at radius 1 is 0.895 bits per heavy atom. The summed E-state index contributed by atoms with van der Waals surface area (Å²) in [5, 5.41) is 2.74. The molecule has 0 aliphatic carbocycles. The Kier molecular flexibility index (Phi) is 8.78. The number of hydrogen-bond donors (Lipinski definition) is 1. The molecular weight excluding hydrogens is 547 g/mol. The molecule has 9 nitrogen and oxygen atoms in total. The van der Waals surface area contributed by atoms with E-state index in [0.717, 1.165) is 4.90 Å². The summed E-state index contributed by atoms with van der Waals surface area (Å²) in [7, 11) is -7.40. The standard InChI is InChI=1S/C26H29N3O6S3/c1-3-29(38(33,34)25-14-10-23(36-2)11-15-25)22-8-4-20(5-9-22)26(30)27-21-6-12-24(13-7-21)37(31,32)28-16-18-35-19-17-28/h4-15H,3,16-19H2,1-2H3,(H,27,30). The normalized spacial score (nSPS) is 14.7. The van der Waals surface area contributed by atoms with Crippen molar-refractivity contribution in [1.82, 2.24) is 4.31 Å². The van der Waals surface area contributed by atoms with Crippen LogP contribution in [0.25, 0.3) is 0 Å². The lowest BCUT2D eigenvalue weighted by Crippen LogP contribution is -2.40. The second kappa shape index (κ2) is 11.9. The number of carbonyl (C=O) groups is 1. The van der Waals surface area contributed by atoms with Crippen LogP contribution in [0.5, 0.6) is 0 Å². The zero-order valence-corrected chi connectivity index (χ0v) is 23.5. The molecule has 0 saturated carbocycles. The van der Waals surface area contributed by atoms with Crippen LogP contribution in [0.3, 0.4) is 0 Å². The number of thioether (sulfide) groups is 1. The van der Waals surface area contributed by atoms with Crippen LogP contribution in [-0.4, -0.2) is 66.2 Å². The van der Waals surface area contributed by atoms with Crippen molar-refractivity contribution in [2.45, 2.75) is 21.6 Å². The van der Waals surface area contributed by atoms with Gasteiger partial charge in [0.05, 0.1) is 28.7 Å². The molecule has 0 radical (unpaired) electrons. The molecule has 1 amide bonds. The summed E-state index contributed by atoms with van der Waals surface area (Å²) < 4.78 is 59.9. The van der Waals surface area contributed by atoms with Crippen LogP contribution in [0.2, 0.25) is 0 Å². The summed E-state index contributed by atoms with van der Waals surface area (Å²) in [6, 6.07) is 19.0. The maximum Gasteiger partial charge on any atom is 0.264 e. The van der Waals surface area contributed by atoms with Crippen molar-refractivity contribution < 1.29 is 26.4 Å². The van der Waals surface area contributed by atoms with Gasteiger partial charge in [-0.3, -0.25) is 9.10 Å². The van der Waals surface area contributed by atoms with E-state index in [1.165, 1.54) is 44.6 Å². The Hall–Kier alpha value is -2.90. The number of carbonyl (C=O) groups excluding carboxylic acids is 1. The van der Waals surface area contributed by atoms with Crippen molar-refractivity contribution in [3.63, 3.8) is 0 Å². The van der Waals surface area contributed by atoms with Crippen LogP contribution in [0.1, 0.15) is 17.3 Å². The van der Waals surface area contributed by atoms with Crippen LogP contribution < -0.4 is 9.62 Å². The van der Waals surface area contributed by atoms with Gasteiger partial charge in [-0.25, -0.2) is 16.8 Å². The SMILES string of the molecule is CCN(c1ccc(C(=O)Nc2ccc(S(=O)(=O)N3CCOCC3)cc2)cc1)S(=O)(=O)c1ccc(SC)cc1. The Morgan fingerprint density at radius 2 is 1.47 bits per heavy atom. The third-order valence-corrected chi connectivity index (χ3v) is 10.6. The van der Waals surface area contributed by atoms with Gasteiger partial charge in [-0.15, -0.1) is 11.8 Å². The van der Waals surface area contributed by atoms with E-state index >= 15 is 0 Å². The molecule has 1 N–H and O–H groups in total. The fourth-order valence-corrected chi connectivity index (χ4v) is 7.28. The van der Waals surface area contributed by atoms with E-state index in [1.54, 1.807) is 55.5 Å². The van der Waals surface area contributed by atoms with Crippen molar-refractivity contribution >= 4 is 49.1 Å². The first-order valence-corrected chi connectivity index (χ1v) is 16.0. The minimum Gasteiger partial charge on any atom is -0.379 e. The smallest absolute Gasteiger partial charge is 0.264 e. The van der Waals surface area contributed by atoms with E-state index in [0.29, 0.717) is 43.2 Å². The van der Waals surface area contributed by atoms with Crippen LogP contribution in [-0.2, 0) is 24.8 Å². The van der Waals surface area contributed by atoms with Crippen LogP contribution >= 0.6 is 11.8 Å². The second-order valence-corrected chi connectivity index (χ2v) is 13.1. The third kappa shape index (κ3) is 6.05. The van der Waals surface area contributed by atoms with E-state index in [-0.39, 0.29) is 16.3 Å². The van der Waals surface area contributed by atoms with Gasteiger partial charge in [0, 0.05) is 35.8 Å². The van der Waals surface area contributed by atoms with Gasteiger partial charge in [0.2, 0.25) is 10.0 Å². The first kappa shape index (κ1) is 28.1. The molecule has 0 atom stereocenters. The molecular formula is C26H29N3O6S3. The predicted molar refractivity (Wildman–Crippen MR) is 149 cm³/mol. The quantitative estimate of drug-likeness (QED) is 0.385. The summed E-state index contributed by atoms with van der Waals surface area (Å²) in [5.41, 5.74) is 1.21. The van der Waals surface area contributed by atoms with E-state index in [4.69, 9.17) is 4.74 Å². The predicted octanol–water partition coefficient (Wildman–Crippen LogP) is 3.90. The molecule has 0 spiro atoms. The van der Waals surface area contributed by atoms with Gasteiger partial charge in [0.25, 0.3) is 15.9 Å². The number of hydrogen-bond acceptors (Lipinski definition) is 7. The van der Waals surface area contributed by atoms with Crippen molar-refractivity contribution in [3.05, 3.63) is 78.4 Å². The summed E-state index contributed by atoms with van der Waals surface area (Å²) in [4.78, 5) is 14.1. The van der Waals surface area contributed by atoms with Gasteiger partial charge in [-0.05, 0) is 86.0 Å². The summed E-state index contributed by atoms with van der Waals surface area (Å²) in [6.45, 7) is 3.30. The lowest BCUT2D eigenvalue weighted by atomic mass is 10.2. The fraction of sp³-hybridized carbons (Fsp3) is 0.269. The lowest BCUT2D eigenvalue weighted by Gasteiger charge is -2.26. The molecule has 1 heterocycles. The number of anilines is 2. The largest absolute Gasteiger partial charge is 0.379 e. The molecule has 1 saturated heterocycles. The maximum atomic E-state index is 13.2. The molecule has 4 rings (SSSR count). The Balaban J connectivity index is 1.45. The van der Waals surface area contributed by atoms with Crippen LogP contribution in [0.4, 0.5) is 11.4 Å². The first-order valence-electron chi connectivity index (χ1n) is 11.9. The molecule has 0 bridgehead atoms. The molecule has 1 aliphatic rings. The maximum absolute atomic E-state index is 13.2. The van der Waals surface area contributed by atoms with Gasteiger partial charge in [-0.1, -0.05) is 0 Å². The average molecular weight is 576 g/mol. The van der Waals surface area contributed by atoms with E-state index in [1.807, 2.05) is 6.26 Å². The topological polar surface area (TPSA) is 113 Å². The van der Waals surface area contributed by atoms with Gasteiger partial charge in [0.15, 0.2) is 0 Å². The number of benzene rings is 3. The Morgan fingerprint density at radius 3 is 2.03 bits per heavy atom. The highest BCUT2D eigenvalue weighted by Crippen LogP contribution is 2.26. The molecule has 12 heteroatoms. The minimum absolute atomic E-state index is 0.144. The highest BCUT2D eigenvalue weighted by molar-refractivity contribution is 7.98. The van der Waals surface area contributed by atoms with E-state index in [2.05, 4.69) is 5.32 Å². The summed E-state index contributed by atoms with van der Waals surface area (Å²) in [5.74, 6) is -0.404. The van der Waals surface area contributed by atoms with Crippen molar-refractivity contribution in [1.29, 1.82) is 0 Å². The molecule has 3 aromatic carbocycles. The summed E-state index contributed by atoms with van der Waals surface area (Å²) in [6.07, 6.45) is 1.92. The first-order chi connectivity index (χ1) is 18.2. The minimum atomic E-state index is -3.77. The molecule has 202 valence electrons. The zero-order valence-electron chi connectivity index (χ0n) is 21.0. The van der Waals surface area contributed by atoms with Crippen molar-refractivity contribution in [3.8, 4) is 0 Å². The molecule has 38 heavy (non-hydrogen) atoms. The second-order valence-electron chi connectivity index (χ2n) is 8.39. The van der Waals surface area contributed by atoms with E-state index in [9.17, 15) is 21.6 Å². The van der Waals surface area contributed by atoms with Crippen LogP contribution in [0, 0.1) is 0 Å². The van der Waals surface area contributed by atoms with Crippen molar-refractivity contribution in [2.24, 2.45) is 0 Å². The number of nitrogens with one attached hydrogen (secondary N) is 1. The molecule has 0 unspecified atom stereocenters. The number of sulfonamides is 2. The van der Waals surface area contributed by atoms with E-state index < -0.39 is 26.0 Å². The van der Waals surface area contributed by atoms with Gasteiger partial charge < -0.3 is 10.1 Å². The number of ether oxygens (including phenoxy) is 1. The molecule has 3 aromatic rings. The number of morpholine rings is 1. The highest BCUT2D eigenvalue weighted by Gasteiger charge is 2.26. The molecule has 1 fully saturated rings. The number of amides is 1. The molecule has 1 aliphatic heterocycles. The van der Waals surface area contributed by atoms with Gasteiger partial charge >= 0.3 is 0 Å². The lowest BCUT2D eigenvalue weighted by molar-refractivity contribution is 0.0730. The summed E-state index contributed by atoms with van der Waals surface area (Å²) >= 11 is 1.53. The van der Waals surface area contributed by atoms with Crippen LogP contribution in [0.15, 0.2) is 87.5 Å². The monoisotopic (exact) mass is 575 g/mol. The number of nitrogens with zero attached hydrogens (tertiary/aromatic N) is 2. The average Bonchev–Trinajstić information content (AvgIpc) is 2.94. The highest BCUT2D eigenvalue weighted by atomic mass is 32.2. The Labute approximate surface area is 227 Å². The van der Waals surface area contributed by atoms with Gasteiger partial charge in [0.1, 0.15) is 0 Å². The molecule has 0 aromatic heterocycles. The van der Waals surface area contributed by atoms with Gasteiger partial charge in [-0.2, -0.15) is 4.31 Å². The van der Waals surface area contributed by atoms with Crippen molar-refractivity contribution in [2.75, 3.05) is 48.7 Å². The fourth-order valence-electron chi connectivity index (χ4n) is 3.99. The third-order valence-electron chi connectivity index (χ3n) is 6.07. The zero-order chi connectivity index (χ0) is 27.3. The number of rotatable bonds is 9.